The summed E-state index contributed by atoms with van der Waals surface area (Å²) in [6.07, 6.45) is 0.132. The summed E-state index contributed by atoms with van der Waals surface area (Å²) in [7, 11) is 0. The lowest BCUT2D eigenvalue weighted by Crippen LogP contribution is -2.24. The minimum Gasteiger partial charge on any atom is -0.393 e. The summed E-state index contributed by atoms with van der Waals surface area (Å²) in [4.78, 5) is 0. The lowest BCUT2D eigenvalue weighted by atomic mass is 10.1. The molecule has 0 aliphatic heterocycles. The van der Waals surface area contributed by atoms with Gasteiger partial charge in [0.15, 0.2) is 0 Å². The van der Waals surface area contributed by atoms with E-state index in [1.54, 1.807) is 0 Å². The van der Waals surface area contributed by atoms with Crippen LogP contribution in [0.4, 0.5) is 0 Å². The number of aliphatic hydroxyl groups excluding tert-OH is 2. The molecular weight excluding hydrogens is 118 g/mol. The van der Waals surface area contributed by atoms with Gasteiger partial charge in [-0.1, -0.05) is 6.92 Å². The summed E-state index contributed by atoms with van der Waals surface area (Å²) in [5.41, 5.74) is 5.11. The van der Waals surface area contributed by atoms with Crippen LogP contribution in [0.3, 0.4) is 0 Å². The molecule has 3 nitrogen and oxygen atoms in total. The molecule has 0 spiro atoms. The normalized spacial score (nSPS) is 17.3. The van der Waals surface area contributed by atoms with Crippen LogP contribution in [0.5, 0.6) is 0 Å². The van der Waals surface area contributed by atoms with Gasteiger partial charge in [-0.15, -0.1) is 0 Å². The Hall–Kier alpha value is -0.120. The van der Waals surface area contributed by atoms with E-state index in [0.29, 0.717) is 12.8 Å². The maximum atomic E-state index is 8.94. The Morgan fingerprint density at radius 2 is 1.89 bits per heavy atom. The summed E-state index contributed by atoms with van der Waals surface area (Å²) in [6.45, 7) is 2.10. The second-order valence-corrected chi connectivity index (χ2v) is 2.19. The van der Waals surface area contributed by atoms with Gasteiger partial charge >= 0.3 is 0 Å². The molecule has 0 aromatic heterocycles. The molecule has 0 aliphatic carbocycles. The van der Waals surface area contributed by atoms with E-state index >= 15 is 0 Å². The van der Waals surface area contributed by atoms with E-state index < -0.39 is 12.2 Å². The zero-order chi connectivity index (χ0) is 7.28. The smallest absolute Gasteiger partial charge is 0.0687 e. The van der Waals surface area contributed by atoms with Gasteiger partial charge in [0.1, 0.15) is 0 Å². The van der Waals surface area contributed by atoms with Crippen LogP contribution in [0.1, 0.15) is 19.8 Å². The summed E-state index contributed by atoms with van der Waals surface area (Å²) in [5, 5.41) is 17.8. The van der Waals surface area contributed by atoms with Gasteiger partial charge in [0.2, 0.25) is 0 Å². The fourth-order valence-electron chi connectivity index (χ4n) is 0.577. The zero-order valence-corrected chi connectivity index (χ0v) is 5.75. The molecule has 1 unspecified atom stereocenters. The summed E-state index contributed by atoms with van der Waals surface area (Å²) >= 11 is 0. The standard InChI is InChI=1S/C6H15NO2/c1-2-5(8)3-6(9)4-7/h5-6,8-9H,2-4,7H2,1H3/t5-,6?/m1/s1. The molecule has 0 bridgehead atoms. The fraction of sp³-hybridized carbons (Fsp3) is 1.00. The Balaban J connectivity index is 3.22. The molecule has 2 atom stereocenters. The number of nitrogens with two attached hydrogens (primary N) is 1. The van der Waals surface area contributed by atoms with E-state index in [9.17, 15) is 0 Å². The van der Waals surface area contributed by atoms with Crippen LogP contribution < -0.4 is 5.73 Å². The van der Waals surface area contributed by atoms with Crippen LogP contribution in [0.25, 0.3) is 0 Å². The van der Waals surface area contributed by atoms with E-state index in [1.807, 2.05) is 6.92 Å². The highest BCUT2D eigenvalue weighted by molar-refractivity contribution is 4.61. The molecule has 3 heteroatoms. The molecule has 0 aromatic rings. The van der Waals surface area contributed by atoms with E-state index in [0.717, 1.165) is 0 Å². The second kappa shape index (κ2) is 4.73. The molecule has 0 heterocycles. The lowest BCUT2D eigenvalue weighted by Gasteiger charge is -2.10. The highest BCUT2D eigenvalue weighted by Gasteiger charge is 2.06. The lowest BCUT2D eigenvalue weighted by molar-refractivity contribution is 0.0830. The van der Waals surface area contributed by atoms with Crippen LogP contribution >= 0.6 is 0 Å². The molecule has 56 valence electrons. The van der Waals surface area contributed by atoms with E-state index in [1.165, 1.54) is 0 Å². The molecule has 0 saturated carbocycles. The molecule has 9 heavy (non-hydrogen) atoms. The molecule has 0 aliphatic rings. The Kier molecular flexibility index (Phi) is 4.67. The number of hydrogen-bond donors (Lipinski definition) is 3. The number of hydrogen-bond acceptors (Lipinski definition) is 3. The van der Waals surface area contributed by atoms with Crippen molar-refractivity contribution in [1.29, 1.82) is 0 Å². The summed E-state index contributed by atoms with van der Waals surface area (Å²) < 4.78 is 0. The molecule has 0 fully saturated rings. The van der Waals surface area contributed by atoms with Crippen LogP contribution in [-0.2, 0) is 0 Å². The van der Waals surface area contributed by atoms with Crippen molar-refractivity contribution in [2.75, 3.05) is 6.54 Å². The SMILES string of the molecule is CC[C@@H](O)CC(O)CN. The Morgan fingerprint density at radius 1 is 1.33 bits per heavy atom. The molecule has 0 rings (SSSR count). The highest BCUT2D eigenvalue weighted by atomic mass is 16.3. The first-order valence-electron chi connectivity index (χ1n) is 3.26. The van der Waals surface area contributed by atoms with Crippen molar-refractivity contribution in [2.24, 2.45) is 5.73 Å². The molecule has 0 saturated heterocycles. The van der Waals surface area contributed by atoms with Crippen molar-refractivity contribution in [2.45, 2.75) is 32.0 Å². The highest BCUT2D eigenvalue weighted by Crippen LogP contribution is 1.99. The number of aliphatic hydroxyl groups is 2. The average molecular weight is 133 g/mol. The topological polar surface area (TPSA) is 66.5 Å². The molecular formula is C6H15NO2. The first-order chi connectivity index (χ1) is 4.20. The van der Waals surface area contributed by atoms with Gasteiger partial charge in [0.05, 0.1) is 12.2 Å². The van der Waals surface area contributed by atoms with Gasteiger partial charge in [0.25, 0.3) is 0 Å². The van der Waals surface area contributed by atoms with Crippen molar-refractivity contribution >= 4 is 0 Å². The maximum absolute atomic E-state index is 8.94. The Bertz CT molecular complexity index is 60.1. The van der Waals surface area contributed by atoms with Gasteiger partial charge in [-0.3, -0.25) is 0 Å². The maximum Gasteiger partial charge on any atom is 0.0687 e. The van der Waals surface area contributed by atoms with Crippen LogP contribution in [0, 0.1) is 0 Å². The van der Waals surface area contributed by atoms with Crippen LogP contribution in [0.2, 0.25) is 0 Å². The minimum absolute atomic E-state index is 0.233. The van der Waals surface area contributed by atoms with E-state index in [-0.39, 0.29) is 6.54 Å². The molecule has 0 radical (unpaired) electrons. The van der Waals surface area contributed by atoms with Crippen molar-refractivity contribution in [3.63, 3.8) is 0 Å². The van der Waals surface area contributed by atoms with E-state index in [2.05, 4.69) is 0 Å². The number of rotatable bonds is 4. The van der Waals surface area contributed by atoms with Gasteiger partial charge in [0, 0.05) is 13.0 Å². The average Bonchev–Trinajstić information content (AvgIpc) is 1.87. The zero-order valence-electron chi connectivity index (χ0n) is 5.75. The van der Waals surface area contributed by atoms with Crippen LogP contribution in [0.15, 0.2) is 0 Å². The third-order valence-electron chi connectivity index (χ3n) is 1.29. The van der Waals surface area contributed by atoms with Crippen molar-refractivity contribution in [1.82, 2.24) is 0 Å². The third kappa shape index (κ3) is 4.39. The summed E-state index contributed by atoms with van der Waals surface area (Å²) in [6, 6.07) is 0. The Labute approximate surface area is 55.5 Å². The monoisotopic (exact) mass is 133 g/mol. The first kappa shape index (κ1) is 8.88. The Morgan fingerprint density at radius 3 is 2.22 bits per heavy atom. The first-order valence-corrected chi connectivity index (χ1v) is 3.26. The largest absolute Gasteiger partial charge is 0.393 e. The minimum atomic E-state index is -0.542. The fourth-order valence-corrected chi connectivity index (χ4v) is 0.577. The third-order valence-corrected chi connectivity index (χ3v) is 1.29. The van der Waals surface area contributed by atoms with Gasteiger partial charge in [-0.2, -0.15) is 0 Å². The van der Waals surface area contributed by atoms with Crippen molar-refractivity contribution in [3.05, 3.63) is 0 Å². The molecule has 0 aromatic carbocycles. The van der Waals surface area contributed by atoms with Crippen LogP contribution in [-0.4, -0.2) is 29.0 Å². The van der Waals surface area contributed by atoms with Gasteiger partial charge < -0.3 is 15.9 Å². The van der Waals surface area contributed by atoms with E-state index in [4.69, 9.17) is 15.9 Å². The second-order valence-electron chi connectivity index (χ2n) is 2.19. The van der Waals surface area contributed by atoms with Crippen molar-refractivity contribution in [3.8, 4) is 0 Å². The van der Waals surface area contributed by atoms with Gasteiger partial charge in [-0.25, -0.2) is 0 Å². The van der Waals surface area contributed by atoms with Gasteiger partial charge in [-0.05, 0) is 6.42 Å². The molecule has 0 amide bonds. The quantitative estimate of drug-likeness (QED) is 0.483. The van der Waals surface area contributed by atoms with Crippen molar-refractivity contribution < 1.29 is 10.2 Å². The predicted molar refractivity (Wildman–Crippen MR) is 36.0 cm³/mol. The predicted octanol–water partition coefficient (Wildman–Crippen LogP) is -0.533. The molecule has 4 N–H and O–H groups in total. The summed E-state index contributed by atoms with van der Waals surface area (Å²) in [5.74, 6) is 0.